The van der Waals surface area contributed by atoms with Crippen molar-refractivity contribution in [2.24, 2.45) is 0 Å². The monoisotopic (exact) mass is 394 g/mol. The highest BCUT2D eigenvalue weighted by atomic mass is 16.5. The molecule has 1 heterocycles. The molecular formula is C22H22N2O5. The lowest BCUT2D eigenvalue weighted by Gasteiger charge is -2.09. The number of rotatable bonds is 7. The highest BCUT2D eigenvalue weighted by molar-refractivity contribution is 5.96. The zero-order chi connectivity index (χ0) is 20.8. The summed E-state index contributed by atoms with van der Waals surface area (Å²) in [5.41, 5.74) is 2.26. The molecule has 0 spiro atoms. The van der Waals surface area contributed by atoms with Crippen LogP contribution in [0.4, 0.5) is 0 Å². The molecule has 150 valence electrons. The first kappa shape index (κ1) is 20.1. The van der Waals surface area contributed by atoms with Gasteiger partial charge in [0.2, 0.25) is 5.91 Å². The van der Waals surface area contributed by atoms with Crippen LogP contribution in [0.3, 0.4) is 0 Å². The van der Waals surface area contributed by atoms with Crippen molar-refractivity contribution in [3.05, 3.63) is 75.6 Å². The number of ether oxygens (including phenoxy) is 1. The van der Waals surface area contributed by atoms with Gasteiger partial charge in [-0.05, 0) is 49.2 Å². The third kappa shape index (κ3) is 5.22. The second kappa shape index (κ2) is 9.05. The number of nitrogens with one attached hydrogen (secondary N) is 2. The molecule has 3 aromatic rings. The quantitative estimate of drug-likeness (QED) is 0.600. The Hall–Kier alpha value is -3.61. The Kier molecular flexibility index (Phi) is 6.29. The summed E-state index contributed by atoms with van der Waals surface area (Å²) < 4.78 is 11.0. The molecule has 0 bridgehead atoms. The molecule has 2 aromatic carbocycles. The molecule has 0 saturated carbocycles. The van der Waals surface area contributed by atoms with E-state index in [4.69, 9.17) is 9.15 Å². The minimum absolute atomic E-state index is 0.0604. The molecule has 0 aliphatic carbocycles. The number of hydrogen-bond donors (Lipinski definition) is 2. The molecule has 1 aromatic heterocycles. The Bertz CT molecular complexity index is 1090. The van der Waals surface area contributed by atoms with E-state index < -0.39 is 5.63 Å². The Labute approximate surface area is 167 Å². The van der Waals surface area contributed by atoms with Gasteiger partial charge in [0.1, 0.15) is 17.9 Å². The fourth-order valence-electron chi connectivity index (χ4n) is 2.84. The Balaban J connectivity index is 1.60. The van der Waals surface area contributed by atoms with Gasteiger partial charge in [0, 0.05) is 29.6 Å². The van der Waals surface area contributed by atoms with Crippen LogP contribution < -0.4 is 21.0 Å². The maximum absolute atomic E-state index is 12.1. The number of carbonyl (C=O) groups excluding carboxylic acids is 2. The van der Waals surface area contributed by atoms with Crippen molar-refractivity contribution in [2.45, 2.75) is 20.5 Å². The molecule has 0 saturated heterocycles. The van der Waals surface area contributed by atoms with Gasteiger partial charge in [0.15, 0.2) is 0 Å². The second-order valence-corrected chi connectivity index (χ2v) is 6.53. The summed E-state index contributed by atoms with van der Waals surface area (Å²) in [6.45, 7) is 4.42. The van der Waals surface area contributed by atoms with Gasteiger partial charge in [-0.2, -0.15) is 0 Å². The van der Waals surface area contributed by atoms with E-state index in [0.717, 1.165) is 16.5 Å². The Morgan fingerprint density at radius 1 is 1.03 bits per heavy atom. The topological polar surface area (TPSA) is 97.6 Å². The van der Waals surface area contributed by atoms with Crippen molar-refractivity contribution in [2.75, 3.05) is 13.1 Å². The van der Waals surface area contributed by atoms with Crippen LogP contribution in [0.15, 0.2) is 57.7 Å². The number of hydrogen-bond acceptors (Lipinski definition) is 5. The van der Waals surface area contributed by atoms with Gasteiger partial charge in [-0.25, -0.2) is 4.79 Å². The van der Waals surface area contributed by atoms with Gasteiger partial charge >= 0.3 is 5.63 Å². The van der Waals surface area contributed by atoms with E-state index in [2.05, 4.69) is 10.6 Å². The minimum Gasteiger partial charge on any atom is -0.489 e. The molecule has 3 rings (SSSR count). The van der Waals surface area contributed by atoms with E-state index in [0.29, 0.717) is 30.0 Å². The first-order valence-corrected chi connectivity index (χ1v) is 9.27. The van der Waals surface area contributed by atoms with Crippen LogP contribution in [0, 0.1) is 6.92 Å². The number of likely N-dealkylation sites (N-methyl/N-ethyl adjacent to an activating group) is 1. The van der Waals surface area contributed by atoms with Crippen molar-refractivity contribution < 1.29 is 18.7 Å². The maximum Gasteiger partial charge on any atom is 0.336 e. The molecule has 2 amide bonds. The predicted octanol–water partition coefficient (Wildman–Crippen LogP) is 2.55. The van der Waals surface area contributed by atoms with Crippen LogP contribution in [0.1, 0.15) is 28.4 Å². The van der Waals surface area contributed by atoms with Gasteiger partial charge < -0.3 is 19.8 Å². The molecule has 0 aliphatic heterocycles. The van der Waals surface area contributed by atoms with E-state index in [1.807, 2.05) is 26.0 Å². The number of aryl methyl sites for hydroxylation is 1. The standard InChI is InChI=1S/C22H22N2O5/c1-3-23-20(25)12-24-22(27)16-6-4-15(5-7-16)13-28-17-8-9-18-14(2)10-21(26)29-19(18)11-17/h4-11H,3,12-13H2,1-2H3,(H,23,25)(H,24,27). The number of carbonyl (C=O) groups is 2. The molecule has 0 radical (unpaired) electrons. The van der Waals surface area contributed by atoms with Crippen LogP contribution in [0.5, 0.6) is 5.75 Å². The van der Waals surface area contributed by atoms with E-state index >= 15 is 0 Å². The Morgan fingerprint density at radius 3 is 2.52 bits per heavy atom. The van der Waals surface area contributed by atoms with Gasteiger partial charge in [-0.15, -0.1) is 0 Å². The summed E-state index contributed by atoms with van der Waals surface area (Å²) in [5.74, 6) is 0.0333. The average molecular weight is 394 g/mol. The summed E-state index contributed by atoms with van der Waals surface area (Å²) in [6, 6.07) is 13.7. The largest absolute Gasteiger partial charge is 0.489 e. The summed E-state index contributed by atoms with van der Waals surface area (Å²) in [7, 11) is 0. The van der Waals surface area contributed by atoms with E-state index in [1.165, 1.54) is 6.07 Å². The molecular weight excluding hydrogens is 372 g/mol. The summed E-state index contributed by atoms with van der Waals surface area (Å²) in [6.07, 6.45) is 0. The van der Waals surface area contributed by atoms with E-state index in [1.54, 1.807) is 30.3 Å². The van der Waals surface area contributed by atoms with Crippen molar-refractivity contribution in [1.82, 2.24) is 10.6 Å². The van der Waals surface area contributed by atoms with Crippen LogP contribution >= 0.6 is 0 Å². The third-order valence-electron chi connectivity index (χ3n) is 4.33. The van der Waals surface area contributed by atoms with Gasteiger partial charge in [-0.3, -0.25) is 9.59 Å². The third-order valence-corrected chi connectivity index (χ3v) is 4.33. The predicted molar refractivity (Wildman–Crippen MR) is 109 cm³/mol. The summed E-state index contributed by atoms with van der Waals surface area (Å²) in [4.78, 5) is 35.0. The number of fused-ring (bicyclic) bond motifs is 1. The lowest BCUT2D eigenvalue weighted by molar-refractivity contribution is -0.120. The van der Waals surface area contributed by atoms with Crippen LogP contribution in [-0.2, 0) is 11.4 Å². The van der Waals surface area contributed by atoms with E-state index in [-0.39, 0.29) is 18.4 Å². The zero-order valence-corrected chi connectivity index (χ0v) is 16.3. The van der Waals surface area contributed by atoms with Crippen molar-refractivity contribution in [1.29, 1.82) is 0 Å². The molecule has 2 N–H and O–H groups in total. The minimum atomic E-state index is -0.395. The molecule has 7 heteroatoms. The molecule has 29 heavy (non-hydrogen) atoms. The average Bonchev–Trinajstić information content (AvgIpc) is 2.70. The normalized spacial score (nSPS) is 10.6. The smallest absolute Gasteiger partial charge is 0.336 e. The van der Waals surface area contributed by atoms with Gasteiger partial charge in [0.05, 0.1) is 6.54 Å². The van der Waals surface area contributed by atoms with Crippen molar-refractivity contribution in [3.8, 4) is 5.75 Å². The first-order valence-electron chi connectivity index (χ1n) is 9.27. The molecule has 0 atom stereocenters. The van der Waals surface area contributed by atoms with Crippen molar-refractivity contribution in [3.63, 3.8) is 0 Å². The van der Waals surface area contributed by atoms with Crippen LogP contribution in [0.2, 0.25) is 0 Å². The van der Waals surface area contributed by atoms with Gasteiger partial charge in [0.25, 0.3) is 5.91 Å². The molecule has 0 fully saturated rings. The Morgan fingerprint density at radius 2 is 1.79 bits per heavy atom. The highest BCUT2D eigenvalue weighted by Gasteiger charge is 2.08. The SMILES string of the molecule is CCNC(=O)CNC(=O)c1ccc(COc2ccc3c(C)cc(=O)oc3c2)cc1. The molecule has 0 unspecified atom stereocenters. The second-order valence-electron chi connectivity index (χ2n) is 6.53. The maximum atomic E-state index is 12.1. The van der Waals surface area contributed by atoms with E-state index in [9.17, 15) is 14.4 Å². The fourth-order valence-corrected chi connectivity index (χ4v) is 2.84. The molecule has 0 aliphatic rings. The fraction of sp³-hybridized carbons (Fsp3) is 0.227. The highest BCUT2D eigenvalue weighted by Crippen LogP contribution is 2.23. The molecule has 7 nitrogen and oxygen atoms in total. The van der Waals surface area contributed by atoms with Crippen LogP contribution in [-0.4, -0.2) is 24.9 Å². The number of amides is 2. The van der Waals surface area contributed by atoms with Gasteiger partial charge in [-0.1, -0.05) is 12.1 Å². The number of benzene rings is 2. The zero-order valence-electron chi connectivity index (χ0n) is 16.3. The lowest BCUT2D eigenvalue weighted by atomic mass is 10.1. The summed E-state index contributed by atoms with van der Waals surface area (Å²) >= 11 is 0. The first-order chi connectivity index (χ1) is 14.0. The van der Waals surface area contributed by atoms with Crippen molar-refractivity contribution >= 4 is 22.8 Å². The summed E-state index contributed by atoms with van der Waals surface area (Å²) in [5, 5.41) is 6.05. The van der Waals surface area contributed by atoms with Crippen LogP contribution in [0.25, 0.3) is 11.0 Å². The lowest BCUT2D eigenvalue weighted by Crippen LogP contribution is -2.36.